The molecule has 0 N–H and O–H groups in total. The van der Waals surface area contributed by atoms with Crippen molar-refractivity contribution < 1.29 is 13.9 Å². The fraction of sp³-hybridized carbons (Fsp3) is 0.900. The molecule has 0 aromatic carbocycles. The van der Waals surface area contributed by atoms with E-state index in [4.69, 9.17) is 4.74 Å². The predicted molar refractivity (Wildman–Crippen MR) is 51.9 cm³/mol. The average molecular weight is 203 g/mol. The number of carbonyl (C=O) groups excluding carboxylic acids is 1. The van der Waals surface area contributed by atoms with Crippen LogP contribution in [0.25, 0.3) is 0 Å². The first-order valence-corrected chi connectivity index (χ1v) is 4.96. The summed E-state index contributed by atoms with van der Waals surface area (Å²) in [6, 6.07) is 0. The van der Waals surface area contributed by atoms with Crippen molar-refractivity contribution in [3.63, 3.8) is 0 Å². The Hall–Kier alpha value is -0.800. The Morgan fingerprint density at radius 3 is 2.64 bits per heavy atom. The summed E-state index contributed by atoms with van der Waals surface area (Å²) in [5.74, 6) is 0.00233. The summed E-state index contributed by atoms with van der Waals surface area (Å²) in [5.41, 5.74) is -0.467. The second-order valence-electron chi connectivity index (χ2n) is 4.74. The van der Waals surface area contributed by atoms with Gasteiger partial charge in [-0.3, -0.25) is 4.39 Å². The molecule has 4 heteroatoms. The second kappa shape index (κ2) is 4.15. The van der Waals surface area contributed by atoms with E-state index in [1.165, 1.54) is 0 Å². The zero-order chi connectivity index (χ0) is 10.8. The van der Waals surface area contributed by atoms with Crippen molar-refractivity contribution in [2.45, 2.75) is 32.8 Å². The third-order valence-electron chi connectivity index (χ3n) is 2.16. The number of likely N-dealkylation sites (tertiary alicyclic amines) is 1. The van der Waals surface area contributed by atoms with E-state index in [-0.39, 0.29) is 18.7 Å². The van der Waals surface area contributed by atoms with Crippen LogP contribution in [0.4, 0.5) is 9.18 Å². The van der Waals surface area contributed by atoms with Gasteiger partial charge in [-0.25, -0.2) is 4.79 Å². The number of hydrogen-bond donors (Lipinski definition) is 0. The van der Waals surface area contributed by atoms with Crippen LogP contribution in [0.1, 0.15) is 27.2 Å². The van der Waals surface area contributed by atoms with Crippen molar-refractivity contribution >= 4 is 6.09 Å². The molecule has 1 aliphatic heterocycles. The SMILES string of the molecule is CC(C)(C)OC(=O)N1CC[C@H](CF)C1. The molecule has 1 saturated heterocycles. The first-order chi connectivity index (χ1) is 6.42. The molecule has 3 nitrogen and oxygen atoms in total. The zero-order valence-electron chi connectivity index (χ0n) is 9.05. The lowest BCUT2D eigenvalue weighted by atomic mass is 10.1. The third-order valence-corrected chi connectivity index (χ3v) is 2.16. The summed E-state index contributed by atoms with van der Waals surface area (Å²) in [7, 11) is 0. The Morgan fingerprint density at radius 2 is 2.21 bits per heavy atom. The highest BCUT2D eigenvalue weighted by atomic mass is 19.1. The lowest BCUT2D eigenvalue weighted by Crippen LogP contribution is -2.35. The molecule has 0 saturated carbocycles. The van der Waals surface area contributed by atoms with Gasteiger partial charge in [0.1, 0.15) is 5.60 Å². The first-order valence-electron chi connectivity index (χ1n) is 4.96. The van der Waals surface area contributed by atoms with Crippen molar-refractivity contribution in [2.75, 3.05) is 19.8 Å². The molecule has 1 aliphatic rings. The second-order valence-corrected chi connectivity index (χ2v) is 4.74. The summed E-state index contributed by atoms with van der Waals surface area (Å²) in [5, 5.41) is 0. The van der Waals surface area contributed by atoms with Gasteiger partial charge in [0.25, 0.3) is 0 Å². The van der Waals surface area contributed by atoms with Crippen LogP contribution in [0.2, 0.25) is 0 Å². The van der Waals surface area contributed by atoms with Crippen LogP contribution in [0.5, 0.6) is 0 Å². The molecule has 0 bridgehead atoms. The Bertz CT molecular complexity index is 213. The number of hydrogen-bond acceptors (Lipinski definition) is 2. The van der Waals surface area contributed by atoms with E-state index in [1.54, 1.807) is 4.90 Å². The lowest BCUT2D eigenvalue weighted by Gasteiger charge is -2.24. The van der Waals surface area contributed by atoms with Gasteiger partial charge in [0.15, 0.2) is 0 Å². The summed E-state index contributed by atoms with van der Waals surface area (Å²) >= 11 is 0. The average Bonchev–Trinajstić information content (AvgIpc) is 2.48. The predicted octanol–water partition coefficient (Wildman–Crippen LogP) is 2.21. The van der Waals surface area contributed by atoms with Gasteiger partial charge >= 0.3 is 6.09 Å². The van der Waals surface area contributed by atoms with Crippen molar-refractivity contribution in [3.8, 4) is 0 Å². The molecule has 14 heavy (non-hydrogen) atoms. The van der Waals surface area contributed by atoms with Gasteiger partial charge in [-0.2, -0.15) is 0 Å². The Balaban J connectivity index is 2.40. The normalized spacial score (nSPS) is 22.6. The molecular weight excluding hydrogens is 185 g/mol. The quantitative estimate of drug-likeness (QED) is 0.654. The third kappa shape index (κ3) is 3.16. The minimum atomic E-state index is -0.467. The van der Waals surface area contributed by atoms with Gasteiger partial charge in [0, 0.05) is 19.0 Å². The molecule has 0 spiro atoms. The summed E-state index contributed by atoms with van der Waals surface area (Å²) in [6.07, 6.45) is 0.420. The number of nitrogens with zero attached hydrogens (tertiary/aromatic N) is 1. The van der Waals surface area contributed by atoms with Crippen LogP contribution in [-0.4, -0.2) is 36.4 Å². The lowest BCUT2D eigenvalue weighted by molar-refractivity contribution is 0.0287. The summed E-state index contributed by atoms with van der Waals surface area (Å²) in [6.45, 7) is 6.24. The molecular formula is C10H18FNO2. The number of amides is 1. The molecule has 1 rings (SSSR count). The van der Waals surface area contributed by atoms with E-state index in [0.29, 0.717) is 13.1 Å². The monoisotopic (exact) mass is 203 g/mol. The topological polar surface area (TPSA) is 29.5 Å². The minimum Gasteiger partial charge on any atom is -0.444 e. The van der Waals surface area contributed by atoms with Crippen molar-refractivity contribution in [3.05, 3.63) is 0 Å². The molecule has 0 aromatic rings. The van der Waals surface area contributed by atoms with Crippen molar-refractivity contribution in [1.29, 1.82) is 0 Å². The fourth-order valence-electron chi connectivity index (χ4n) is 1.45. The highest BCUT2D eigenvalue weighted by Gasteiger charge is 2.29. The smallest absolute Gasteiger partial charge is 0.410 e. The number of alkyl halides is 1. The van der Waals surface area contributed by atoms with E-state index in [9.17, 15) is 9.18 Å². The fourth-order valence-corrected chi connectivity index (χ4v) is 1.45. The van der Waals surface area contributed by atoms with E-state index in [2.05, 4.69) is 0 Å². The van der Waals surface area contributed by atoms with Crippen LogP contribution >= 0.6 is 0 Å². The molecule has 1 atom stereocenters. The van der Waals surface area contributed by atoms with Crippen LogP contribution in [0, 0.1) is 5.92 Å². The Morgan fingerprint density at radius 1 is 1.57 bits per heavy atom. The van der Waals surface area contributed by atoms with Gasteiger partial charge in [0.05, 0.1) is 6.67 Å². The first kappa shape index (κ1) is 11.3. The van der Waals surface area contributed by atoms with E-state index < -0.39 is 5.60 Å². The molecule has 0 aliphatic carbocycles. The number of rotatable bonds is 1. The maximum Gasteiger partial charge on any atom is 0.410 e. The van der Waals surface area contributed by atoms with Gasteiger partial charge in [-0.15, -0.1) is 0 Å². The zero-order valence-corrected chi connectivity index (χ0v) is 9.05. The molecule has 82 valence electrons. The molecule has 0 aromatic heterocycles. The van der Waals surface area contributed by atoms with Crippen LogP contribution < -0.4 is 0 Å². The molecule has 1 amide bonds. The van der Waals surface area contributed by atoms with Crippen molar-refractivity contribution in [1.82, 2.24) is 4.90 Å². The highest BCUT2D eigenvalue weighted by molar-refractivity contribution is 5.68. The summed E-state index contributed by atoms with van der Waals surface area (Å²) < 4.78 is 17.5. The largest absolute Gasteiger partial charge is 0.444 e. The van der Waals surface area contributed by atoms with Crippen LogP contribution in [0.3, 0.4) is 0 Å². The van der Waals surface area contributed by atoms with Gasteiger partial charge < -0.3 is 9.64 Å². The molecule has 0 radical (unpaired) electrons. The highest BCUT2D eigenvalue weighted by Crippen LogP contribution is 2.19. The molecule has 0 unspecified atom stereocenters. The van der Waals surface area contributed by atoms with Gasteiger partial charge in [-0.1, -0.05) is 0 Å². The van der Waals surface area contributed by atoms with Gasteiger partial charge in [-0.05, 0) is 27.2 Å². The molecule has 1 fully saturated rings. The maximum absolute atomic E-state index is 12.3. The molecule has 1 heterocycles. The van der Waals surface area contributed by atoms with E-state index in [0.717, 1.165) is 6.42 Å². The minimum absolute atomic E-state index is 0.00233. The van der Waals surface area contributed by atoms with E-state index in [1.807, 2.05) is 20.8 Å². The number of halogens is 1. The number of ether oxygens (including phenoxy) is 1. The van der Waals surface area contributed by atoms with Crippen LogP contribution in [0.15, 0.2) is 0 Å². The van der Waals surface area contributed by atoms with E-state index >= 15 is 0 Å². The Kier molecular flexibility index (Phi) is 3.34. The van der Waals surface area contributed by atoms with Gasteiger partial charge in [0.2, 0.25) is 0 Å². The Labute approximate surface area is 84.2 Å². The van der Waals surface area contributed by atoms with Crippen molar-refractivity contribution in [2.24, 2.45) is 5.92 Å². The standard InChI is InChI=1S/C10H18FNO2/c1-10(2,3)14-9(13)12-5-4-8(6-11)7-12/h8H,4-7H2,1-3H3/t8-/m1/s1. The number of carbonyl (C=O) groups is 1. The van der Waals surface area contributed by atoms with Crippen LogP contribution in [-0.2, 0) is 4.74 Å². The summed E-state index contributed by atoms with van der Waals surface area (Å²) in [4.78, 5) is 13.1. The maximum atomic E-state index is 12.3.